The van der Waals surface area contributed by atoms with Gasteiger partial charge < -0.3 is 0 Å². The maximum Gasteiger partial charge on any atom is 0.294 e. The van der Waals surface area contributed by atoms with Crippen LogP contribution >= 0.6 is 0 Å². The number of rotatable bonds is 6. The third-order valence-corrected chi connectivity index (χ3v) is 5.11. The van der Waals surface area contributed by atoms with E-state index in [0.717, 1.165) is 24.8 Å². The van der Waals surface area contributed by atoms with E-state index in [0.29, 0.717) is 5.92 Å². The van der Waals surface area contributed by atoms with E-state index < -0.39 is 10.1 Å². The highest BCUT2D eigenvalue weighted by molar-refractivity contribution is 7.85. The highest BCUT2D eigenvalue weighted by Crippen LogP contribution is 2.36. The van der Waals surface area contributed by atoms with Crippen molar-refractivity contribution in [3.8, 4) is 0 Å². The van der Waals surface area contributed by atoms with Crippen molar-refractivity contribution >= 4 is 10.1 Å². The predicted molar refractivity (Wildman–Crippen MR) is 80.7 cm³/mol. The van der Waals surface area contributed by atoms with E-state index in [1.807, 2.05) is 6.07 Å². The van der Waals surface area contributed by atoms with Crippen LogP contribution in [0.25, 0.3) is 0 Å². The third-order valence-electron chi connectivity index (χ3n) is 4.26. The average Bonchev–Trinajstić information content (AvgIpc) is 2.42. The summed E-state index contributed by atoms with van der Waals surface area (Å²) in [6.07, 6.45) is 9.41. The fourth-order valence-corrected chi connectivity index (χ4v) is 3.67. The molecule has 1 atom stereocenters. The molecule has 0 heterocycles. The maximum atomic E-state index is 11.3. The molecule has 0 saturated heterocycles. The van der Waals surface area contributed by atoms with Crippen LogP contribution in [-0.2, 0) is 16.5 Å². The Labute approximate surface area is 122 Å². The minimum absolute atomic E-state index is 0.0386. The van der Waals surface area contributed by atoms with Crippen LogP contribution in [0.5, 0.6) is 0 Å². The fraction of sp³-hybridized carbons (Fsp3) is 0.625. The lowest BCUT2D eigenvalue weighted by atomic mass is 9.80. The second-order valence-corrected chi connectivity index (χ2v) is 7.20. The predicted octanol–water partition coefficient (Wildman–Crippen LogP) is 4.32. The van der Waals surface area contributed by atoms with Gasteiger partial charge in [0.2, 0.25) is 0 Å². The topological polar surface area (TPSA) is 54.4 Å². The molecule has 1 aromatic rings. The molecule has 1 unspecified atom stereocenters. The average molecular weight is 296 g/mol. The van der Waals surface area contributed by atoms with Crippen molar-refractivity contribution in [3.05, 3.63) is 29.3 Å². The van der Waals surface area contributed by atoms with Gasteiger partial charge in [0.15, 0.2) is 0 Å². The van der Waals surface area contributed by atoms with Gasteiger partial charge in [0.1, 0.15) is 0 Å². The molecule has 0 aromatic heterocycles. The van der Waals surface area contributed by atoms with Crippen LogP contribution in [0.4, 0.5) is 0 Å². The molecule has 0 aliphatic heterocycles. The lowest BCUT2D eigenvalue weighted by Gasteiger charge is -2.26. The molecule has 0 fully saturated rings. The number of fused-ring (bicyclic) bond motifs is 1. The van der Waals surface area contributed by atoms with E-state index in [1.54, 1.807) is 6.07 Å². The Morgan fingerprint density at radius 1 is 1.25 bits per heavy atom. The molecule has 3 nitrogen and oxygen atoms in total. The summed E-state index contributed by atoms with van der Waals surface area (Å²) in [4.78, 5) is 0.0386. The molecule has 0 spiro atoms. The van der Waals surface area contributed by atoms with Crippen molar-refractivity contribution in [2.45, 2.75) is 69.1 Å². The molecule has 2 rings (SSSR count). The number of hydrogen-bond acceptors (Lipinski definition) is 2. The Morgan fingerprint density at radius 3 is 2.75 bits per heavy atom. The van der Waals surface area contributed by atoms with Crippen LogP contribution in [-0.4, -0.2) is 13.0 Å². The van der Waals surface area contributed by atoms with Crippen LogP contribution in [0.3, 0.4) is 0 Å². The molecule has 0 saturated carbocycles. The summed E-state index contributed by atoms with van der Waals surface area (Å²) >= 11 is 0. The van der Waals surface area contributed by atoms with E-state index in [9.17, 15) is 13.0 Å². The highest BCUT2D eigenvalue weighted by atomic mass is 32.2. The smallest absolute Gasteiger partial charge is 0.282 e. The third kappa shape index (κ3) is 3.83. The Morgan fingerprint density at radius 2 is 2.05 bits per heavy atom. The highest BCUT2D eigenvalue weighted by Gasteiger charge is 2.22. The first kappa shape index (κ1) is 15.5. The zero-order valence-corrected chi connectivity index (χ0v) is 13.0. The van der Waals surface area contributed by atoms with Gasteiger partial charge in [0.05, 0.1) is 4.90 Å². The quantitative estimate of drug-likeness (QED) is 0.628. The lowest BCUT2D eigenvalue weighted by molar-refractivity contribution is 0.477. The van der Waals surface area contributed by atoms with E-state index in [1.165, 1.54) is 43.7 Å². The summed E-state index contributed by atoms with van der Waals surface area (Å²) in [5.74, 6) is 0.456. The first-order valence-electron chi connectivity index (χ1n) is 7.62. The minimum atomic E-state index is -4.09. The molecule has 0 radical (unpaired) electrons. The molecule has 4 heteroatoms. The van der Waals surface area contributed by atoms with E-state index in [4.69, 9.17) is 0 Å². The molecule has 1 aromatic carbocycles. The summed E-state index contributed by atoms with van der Waals surface area (Å²) in [6.45, 7) is 2.20. The standard InChI is InChI=1S/C16H24O3S/c1-2-3-4-5-7-13-8-6-9-14-10-11-15(12-16(13)14)20(17,18)19/h10-13H,2-9H2,1H3,(H,17,18,19). The number of aryl methyl sites for hydroxylation is 1. The van der Waals surface area contributed by atoms with Crippen LogP contribution in [0.2, 0.25) is 0 Å². The zero-order valence-electron chi connectivity index (χ0n) is 12.1. The Balaban J connectivity index is 2.16. The van der Waals surface area contributed by atoms with Gasteiger partial charge in [0, 0.05) is 0 Å². The van der Waals surface area contributed by atoms with Gasteiger partial charge in [-0.25, -0.2) is 0 Å². The largest absolute Gasteiger partial charge is 0.294 e. The Kier molecular flexibility index (Phi) is 5.22. The van der Waals surface area contributed by atoms with Crippen LogP contribution < -0.4 is 0 Å². The Bertz CT molecular complexity index is 549. The minimum Gasteiger partial charge on any atom is -0.282 e. The normalized spacial score (nSPS) is 18.8. The summed E-state index contributed by atoms with van der Waals surface area (Å²) in [7, 11) is -4.09. The monoisotopic (exact) mass is 296 g/mol. The van der Waals surface area contributed by atoms with Crippen LogP contribution in [0, 0.1) is 0 Å². The van der Waals surface area contributed by atoms with Crippen molar-refractivity contribution in [1.82, 2.24) is 0 Å². The van der Waals surface area contributed by atoms with Gasteiger partial charge in [-0.1, -0.05) is 38.7 Å². The van der Waals surface area contributed by atoms with E-state index in [-0.39, 0.29) is 4.90 Å². The van der Waals surface area contributed by atoms with Gasteiger partial charge >= 0.3 is 0 Å². The second kappa shape index (κ2) is 6.72. The van der Waals surface area contributed by atoms with Gasteiger partial charge in [-0.15, -0.1) is 0 Å². The summed E-state index contributed by atoms with van der Waals surface area (Å²) < 4.78 is 31.8. The molecule has 20 heavy (non-hydrogen) atoms. The van der Waals surface area contributed by atoms with Crippen molar-refractivity contribution in [2.75, 3.05) is 0 Å². The zero-order chi connectivity index (χ0) is 14.6. The van der Waals surface area contributed by atoms with Crippen molar-refractivity contribution in [2.24, 2.45) is 0 Å². The molecule has 0 bridgehead atoms. The van der Waals surface area contributed by atoms with Gasteiger partial charge in [-0.05, 0) is 54.9 Å². The van der Waals surface area contributed by atoms with E-state index >= 15 is 0 Å². The maximum absolute atomic E-state index is 11.3. The van der Waals surface area contributed by atoms with Crippen molar-refractivity contribution < 1.29 is 13.0 Å². The summed E-state index contributed by atoms with van der Waals surface area (Å²) in [5.41, 5.74) is 2.40. The molecule has 0 amide bonds. The second-order valence-electron chi connectivity index (χ2n) is 5.77. The Hall–Kier alpha value is -0.870. The molecular weight excluding hydrogens is 272 g/mol. The number of hydrogen-bond donors (Lipinski definition) is 1. The van der Waals surface area contributed by atoms with Crippen molar-refractivity contribution in [1.29, 1.82) is 0 Å². The molecule has 1 aliphatic rings. The summed E-state index contributed by atoms with van der Waals surface area (Å²) in [6, 6.07) is 5.08. The first-order chi connectivity index (χ1) is 9.52. The van der Waals surface area contributed by atoms with Crippen LogP contribution in [0.15, 0.2) is 23.1 Å². The molecule has 112 valence electrons. The first-order valence-corrected chi connectivity index (χ1v) is 9.06. The summed E-state index contributed by atoms with van der Waals surface area (Å²) in [5, 5.41) is 0. The van der Waals surface area contributed by atoms with Gasteiger partial charge in [0.25, 0.3) is 10.1 Å². The molecule has 1 aliphatic carbocycles. The van der Waals surface area contributed by atoms with Crippen LogP contribution in [0.1, 0.15) is 68.9 Å². The SMILES string of the molecule is CCCCCCC1CCCc2ccc(S(=O)(=O)O)cc21. The van der Waals surface area contributed by atoms with Gasteiger partial charge in [-0.2, -0.15) is 8.42 Å². The number of unbranched alkanes of at least 4 members (excludes halogenated alkanes) is 3. The lowest BCUT2D eigenvalue weighted by Crippen LogP contribution is -2.11. The molecular formula is C16H24O3S. The van der Waals surface area contributed by atoms with E-state index in [2.05, 4.69) is 6.92 Å². The fourth-order valence-electron chi connectivity index (χ4n) is 3.15. The van der Waals surface area contributed by atoms with Gasteiger partial charge in [-0.3, -0.25) is 4.55 Å². The number of benzene rings is 1. The molecule has 1 N–H and O–H groups in total. The van der Waals surface area contributed by atoms with Crippen molar-refractivity contribution in [3.63, 3.8) is 0 Å².